The Kier molecular flexibility index (Phi) is 3.96. The quantitative estimate of drug-likeness (QED) is 0.773. The van der Waals surface area contributed by atoms with Gasteiger partial charge in [-0.15, -0.1) is 0 Å². The molecule has 2 aliphatic rings. The van der Waals surface area contributed by atoms with Gasteiger partial charge in [0.2, 0.25) is 19.8 Å². The van der Waals surface area contributed by atoms with E-state index in [4.69, 9.17) is 0 Å². The van der Waals surface area contributed by atoms with Crippen LogP contribution in [0.25, 0.3) is 0 Å². The van der Waals surface area contributed by atoms with Crippen LogP contribution >= 0.6 is 0 Å². The summed E-state index contributed by atoms with van der Waals surface area (Å²) in [4.78, 5) is 0. The predicted molar refractivity (Wildman–Crippen MR) is 69.1 cm³/mol. The first-order chi connectivity index (χ1) is 7.91. The molecule has 0 bridgehead atoms. The van der Waals surface area contributed by atoms with Crippen molar-refractivity contribution in [2.45, 2.75) is 30.3 Å². The van der Waals surface area contributed by atoms with Crippen molar-refractivity contribution in [1.29, 1.82) is 0 Å². The molecule has 18 heavy (non-hydrogen) atoms. The zero-order valence-corrected chi connectivity index (χ0v) is 9.83. The number of alkyl halides is 2. The molecular formula is C13H16F2O2S. The molecule has 0 aromatic rings. The topological polar surface area (TPSA) is 34.1 Å². The van der Waals surface area contributed by atoms with Crippen LogP contribution in [0.2, 0.25) is 0 Å². The van der Waals surface area contributed by atoms with Crippen molar-refractivity contribution in [2.24, 2.45) is 0 Å². The lowest BCUT2D eigenvalue weighted by molar-refractivity contribution is 0.278. The average molecular weight is 274 g/mol. The maximum Gasteiger partial charge on any atom is 0.236 e. The summed E-state index contributed by atoms with van der Waals surface area (Å²) in [5, 5.41) is -5.32. The van der Waals surface area contributed by atoms with Gasteiger partial charge in [0, 0.05) is 12.8 Å². The van der Waals surface area contributed by atoms with Gasteiger partial charge in [0.05, 0.1) is 0 Å². The van der Waals surface area contributed by atoms with Crippen LogP contribution in [-0.4, -0.2) is 18.4 Å². The minimum atomic E-state index is -4.59. The first-order valence-electron chi connectivity index (χ1n) is 5.22. The maximum absolute atomic E-state index is 14.4. The Morgan fingerprint density at radius 1 is 0.833 bits per heavy atom. The summed E-state index contributed by atoms with van der Waals surface area (Å²) in [5.74, 6) is 0. The number of rotatable bonds is 2. The number of hydrogen-bond acceptors (Lipinski definition) is 2. The van der Waals surface area contributed by atoms with Crippen LogP contribution < -0.4 is 0 Å². The number of halogens is 2. The monoisotopic (exact) mass is 274 g/mol. The fourth-order valence-corrected chi connectivity index (χ4v) is 3.54. The van der Waals surface area contributed by atoms with Gasteiger partial charge in [0.25, 0.3) is 0 Å². The third-order valence-corrected chi connectivity index (χ3v) is 5.26. The number of hydrogen-bond donors (Lipinski definition) is 0. The SMILES string of the molecule is C.O=S(=O)(C1(F)C=CC=CC1)C1(F)C=CC=CC1. The van der Waals surface area contributed by atoms with Gasteiger partial charge in [-0.3, -0.25) is 0 Å². The zero-order chi connectivity index (χ0) is 12.6. The van der Waals surface area contributed by atoms with Crippen molar-refractivity contribution >= 4 is 9.84 Å². The molecule has 0 saturated heterocycles. The highest BCUT2D eigenvalue weighted by atomic mass is 32.2. The molecule has 0 saturated carbocycles. The standard InChI is InChI=1S/C12H12F2O2S.CH4/c13-11(7-3-1-4-8-11)17(15,16)12(14)9-5-2-6-10-12;/h1-7,9H,8,10H2;1H4. The summed E-state index contributed by atoms with van der Waals surface area (Å²) < 4.78 is 52.8. The van der Waals surface area contributed by atoms with Crippen LogP contribution in [0.5, 0.6) is 0 Å². The Morgan fingerprint density at radius 3 is 1.50 bits per heavy atom. The van der Waals surface area contributed by atoms with Crippen molar-refractivity contribution in [3.8, 4) is 0 Å². The van der Waals surface area contributed by atoms with Crippen LogP contribution in [0, 0.1) is 0 Å². The lowest BCUT2D eigenvalue weighted by Crippen LogP contribution is -2.45. The molecule has 2 aliphatic carbocycles. The molecule has 2 nitrogen and oxygen atoms in total. The van der Waals surface area contributed by atoms with E-state index in [1.165, 1.54) is 36.5 Å². The minimum Gasteiger partial charge on any atom is -0.221 e. The molecule has 100 valence electrons. The van der Waals surface area contributed by atoms with E-state index in [0.717, 1.165) is 12.2 Å². The van der Waals surface area contributed by atoms with Gasteiger partial charge in [-0.05, 0) is 12.2 Å². The molecule has 0 radical (unpaired) electrons. The first-order valence-corrected chi connectivity index (χ1v) is 6.70. The molecular weight excluding hydrogens is 258 g/mol. The van der Waals surface area contributed by atoms with E-state index in [2.05, 4.69) is 0 Å². The lowest BCUT2D eigenvalue weighted by Gasteiger charge is -2.31. The Morgan fingerprint density at radius 2 is 1.22 bits per heavy atom. The molecule has 0 aromatic carbocycles. The summed E-state index contributed by atoms with van der Waals surface area (Å²) >= 11 is 0. The van der Waals surface area contributed by atoms with Gasteiger partial charge < -0.3 is 0 Å². The fraction of sp³-hybridized carbons (Fsp3) is 0.385. The molecule has 0 spiro atoms. The van der Waals surface area contributed by atoms with E-state index in [0.29, 0.717) is 0 Å². The van der Waals surface area contributed by atoms with Crippen molar-refractivity contribution in [3.63, 3.8) is 0 Å². The summed E-state index contributed by atoms with van der Waals surface area (Å²) in [6.45, 7) is 0. The van der Waals surface area contributed by atoms with Gasteiger partial charge in [-0.2, -0.15) is 0 Å². The molecule has 0 amide bonds. The number of sulfone groups is 1. The van der Waals surface area contributed by atoms with E-state index in [9.17, 15) is 17.2 Å². The first kappa shape index (κ1) is 14.8. The largest absolute Gasteiger partial charge is 0.236 e. The highest BCUT2D eigenvalue weighted by Gasteiger charge is 2.55. The summed E-state index contributed by atoms with van der Waals surface area (Å²) in [5.41, 5.74) is 0. The second-order valence-electron chi connectivity index (χ2n) is 4.06. The molecule has 0 fully saturated rings. The van der Waals surface area contributed by atoms with Crippen LogP contribution in [0.3, 0.4) is 0 Å². The van der Waals surface area contributed by atoms with Gasteiger partial charge in [-0.1, -0.05) is 43.9 Å². The second kappa shape index (κ2) is 4.80. The van der Waals surface area contributed by atoms with Crippen LogP contribution in [0.15, 0.2) is 48.6 Å². The predicted octanol–water partition coefficient (Wildman–Crippen LogP) is 3.40. The van der Waals surface area contributed by atoms with Crippen molar-refractivity contribution in [3.05, 3.63) is 48.6 Å². The van der Waals surface area contributed by atoms with E-state index in [1.807, 2.05) is 0 Å². The Labute approximate surface area is 106 Å². The van der Waals surface area contributed by atoms with Crippen molar-refractivity contribution in [1.82, 2.24) is 0 Å². The molecule has 5 heteroatoms. The molecule has 2 unspecified atom stereocenters. The molecule has 0 N–H and O–H groups in total. The van der Waals surface area contributed by atoms with Crippen LogP contribution in [0.1, 0.15) is 20.3 Å². The number of allylic oxidation sites excluding steroid dienone is 6. The highest BCUT2D eigenvalue weighted by Crippen LogP contribution is 2.41. The summed E-state index contributed by atoms with van der Waals surface area (Å²) in [6.07, 6.45) is 9.49. The average Bonchev–Trinajstić information content (AvgIpc) is 2.30. The fourth-order valence-electron chi connectivity index (χ4n) is 1.83. The highest BCUT2D eigenvalue weighted by molar-refractivity contribution is 7.94. The maximum atomic E-state index is 14.4. The van der Waals surface area contributed by atoms with Crippen LogP contribution in [-0.2, 0) is 9.84 Å². The van der Waals surface area contributed by atoms with Crippen LogP contribution in [0.4, 0.5) is 8.78 Å². The molecule has 0 heterocycles. The lowest BCUT2D eigenvalue weighted by atomic mass is 10.1. The van der Waals surface area contributed by atoms with Gasteiger partial charge in [-0.25, -0.2) is 17.2 Å². The molecule has 2 atom stereocenters. The minimum absolute atomic E-state index is 0. The molecule has 0 aliphatic heterocycles. The third kappa shape index (κ3) is 2.07. The van der Waals surface area contributed by atoms with E-state index in [-0.39, 0.29) is 20.3 Å². The van der Waals surface area contributed by atoms with Gasteiger partial charge >= 0.3 is 0 Å². The van der Waals surface area contributed by atoms with Crippen molar-refractivity contribution < 1.29 is 17.2 Å². The third-order valence-electron chi connectivity index (χ3n) is 2.87. The molecule has 0 aromatic heterocycles. The summed E-state index contributed by atoms with van der Waals surface area (Å²) in [7, 11) is -4.59. The van der Waals surface area contributed by atoms with Gasteiger partial charge in [0.15, 0.2) is 0 Å². The van der Waals surface area contributed by atoms with Gasteiger partial charge in [0.1, 0.15) is 0 Å². The molecule has 2 rings (SSSR count). The Hall–Kier alpha value is -1.23. The normalized spacial score (nSPS) is 34.3. The van der Waals surface area contributed by atoms with E-state index >= 15 is 0 Å². The van der Waals surface area contributed by atoms with Crippen molar-refractivity contribution in [2.75, 3.05) is 0 Å². The second-order valence-corrected chi connectivity index (χ2v) is 6.42. The van der Waals surface area contributed by atoms with E-state index in [1.54, 1.807) is 0 Å². The Balaban J connectivity index is 0.00000162. The smallest absolute Gasteiger partial charge is 0.221 e. The zero-order valence-electron chi connectivity index (χ0n) is 9.01. The Bertz CT molecular complexity index is 489. The summed E-state index contributed by atoms with van der Waals surface area (Å²) in [6, 6.07) is 0. The van der Waals surface area contributed by atoms with E-state index < -0.39 is 19.8 Å².